The Morgan fingerprint density at radius 2 is 1.78 bits per heavy atom. The van der Waals surface area contributed by atoms with Crippen molar-refractivity contribution in [3.8, 4) is 0 Å². The van der Waals surface area contributed by atoms with Crippen LogP contribution in [0, 0.1) is 11.3 Å². The van der Waals surface area contributed by atoms with Gasteiger partial charge in [0.2, 0.25) is 5.91 Å². The summed E-state index contributed by atoms with van der Waals surface area (Å²) >= 11 is 0. The third kappa shape index (κ3) is 3.03. The van der Waals surface area contributed by atoms with Gasteiger partial charge in [0.1, 0.15) is 0 Å². The third-order valence-corrected chi connectivity index (χ3v) is 4.59. The molecule has 0 heterocycles. The number of hydrogen-bond acceptors (Lipinski definition) is 2. The van der Waals surface area contributed by atoms with E-state index in [4.69, 9.17) is 5.11 Å². The Bertz CT molecular complexity index is 317. The van der Waals surface area contributed by atoms with Crippen LogP contribution in [0.25, 0.3) is 0 Å². The summed E-state index contributed by atoms with van der Waals surface area (Å²) in [5.41, 5.74) is -0.664. The number of carboxylic acids is 1. The first-order valence-corrected chi connectivity index (χ1v) is 7.12. The molecule has 0 unspecified atom stereocenters. The van der Waals surface area contributed by atoms with E-state index in [9.17, 15) is 9.59 Å². The molecule has 0 aromatic carbocycles. The second-order valence-electron chi connectivity index (χ2n) is 5.92. The molecule has 0 aromatic heterocycles. The molecule has 102 valence electrons. The second-order valence-corrected chi connectivity index (χ2v) is 5.92. The van der Waals surface area contributed by atoms with Gasteiger partial charge in [-0.05, 0) is 31.6 Å². The summed E-state index contributed by atoms with van der Waals surface area (Å²) in [5, 5.41) is 12.0. The van der Waals surface area contributed by atoms with Gasteiger partial charge in [-0.25, -0.2) is 0 Å². The SMILES string of the molecule is O=C(CC1CCCCC1)NCC1(C(=O)O)CCC1. The highest BCUT2D eigenvalue weighted by atomic mass is 16.4. The predicted octanol–water partition coefficient (Wildman–Crippen LogP) is 2.33. The zero-order valence-corrected chi connectivity index (χ0v) is 10.9. The number of aliphatic carboxylic acids is 1. The van der Waals surface area contributed by atoms with Crippen molar-refractivity contribution in [1.29, 1.82) is 0 Å². The molecule has 0 aromatic rings. The minimum atomic E-state index is -0.758. The van der Waals surface area contributed by atoms with Crippen LogP contribution in [0.1, 0.15) is 57.8 Å². The number of nitrogens with one attached hydrogen (secondary N) is 1. The Balaban J connectivity index is 1.72. The molecule has 0 aliphatic heterocycles. The number of carbonyl (C=O) groups excluding carboxylic acids is 1. The molecular weight excluding hydrogens is 230 g/mol. The van der Waals surface area contributed by atoms with Gasteiger partial charge < -0.3 is 10.4 Å². The lowest BCUT2D eigenvalue weighted by molar-refractivity contribution is -0.154. The van der Waals surface area contributed by atoms with E-state index in [0.717, 1.165) is 19.3 Å². The van der Waals surface area contributed by atoms with Crippen LogP contribution in [0.3, 0.4) is 0 Å². The molecule has 0 saturated heterocycles. The fraction of sp³-hybridized carbons (Fsp3) is 0.857. The summed E-state index contributed by atoms with van der Waals surface area (Å²) in [4.78, 5) is 23.0. The number of hydrogen-bond donors (Lipinski definition) is 2. The van der Waals surface area contributed by atoms with E-state index in [0.29, 0.717) is 31.7 Å². The number of carboxylic acid groups (broad SMARTS) is 1. The van der Waals surface area contributed by atoms with Crippen LogP contribution in [-0.4, -0.2) is 23.5 Å². The third-order valence-electron chi connectivity index (χ3n) is 4.59. The molecule has 2 aliphatic carbocycles. The van der Waals surface area contributed by atoms with Crippen molar-refractivity contribution < 1.29 is 14.7 Å². The van der Waals surface area contributed by atoms with Gasteiger partial charge in [0, 0.05) is 13.0 Å². The van der Waals surface area contributed by atoms with Gasteiger partial charge in [-0.15, -0.1) is 0 Å². The minimum absolute atomic E-state index is 0.0365. The first-order valence-electron chi connectivity index (χ1n) is 7.12. The van der Waals surface area contributed by atoms with Gasteiger partial charge in [-0.2, -0.15) is 0 Å². The topological polar surface area (TPSA) is 66.4 Å². The Labute approximate surface area is 108 Å². The maximum absolute atomic E-state index is 11.8. The smallest absolute Gasteiger partial charge is 0.311 e. The number of carbonyl (C=O) groups is 2. The highest BCUT2D eigenvalue weighted by Crippen LogP contribution is 2.40. The maximum atomic E-state index is 11.8. The average molecular weight is 253 g/mol. The molecule has 2 N–H and O–H groups in total. The van der Waals surface area contributed by atoms with Crippen molar-refractivity contribution in [2.45, 2.75) is 57.8 Å². The molecule has 0 atom stereocenters. The number of amides is 1. The molecule has 2 saturated carbocycles. The van der Waals surface area contributed by atoms with E-state index < -0.39 is 11.4 Å². The highest BCUT2D eigenvalue weighted by molar-refractivity contribution is 5.79. The molecule has 2 rings (SSSR count). The van der Waals surface area contributed by atoms with Gasteiger partial charge in [-0.3, -0.25) is 9.59 Å². The maximum Gasteiger partial charge on any atom is 0.311 e. The normalized spacial score (nSPS) is 23.1. The second kappa shape index (κ2) is 5.72. The van der Waals surface area contributed by atoms with Crippen LogP contribution >= 0.6 is 0 Å². The van der Waals surface area contributed by atoms with Gasteiger partial charge in [0.05, 0.1) is 5.41 Å². The van der Waals surface area contributed by atoms with Crippen LogP contribution in [0.15, 0.2) is 0 Å². The lowest BCUT2D eigenvalue weighted by Gasteiger charge is -2.37. The lowest BCUT2D eigenvalue weighted by Crippen LogP contribution is -2.47. The van der Waals surface area contributed by atoms with Crippen molar-refractivity contribution in [3.05, 3.63) is 0 Å². The molecule has 4 nitrogen and oxygen atoms in total. The molecule has 2 aliphatic rings. The van der Waals surface area contributed by atoms with Crippen molar-refractivity contribution in [1.82, 2.24) is 5.32 Å². The summed E-state index contributed by atoms with van der Waals surface area (Å²) in [7, 11) is 0. The Morgan fingerprint density at radius 1 is 1.11 bits per heavy atom. The monoisotopic (exact) mass is 253 g/mol. The van der Waals surface area contributed by atoms with Crippen molar-refractivity contribution >= 4 is 11.9 Å². The zero-order valence-electron chi connectivity index (χ0n) is 10.9. The fourth-order valence-corrected chi connectivity index (χ4v) is 3.06. The largest absolute Gasteiger partial charge is 0.481 e. The van der Waals surface area contributed by atoms with Crippen molar-refractivity contribution in [2.75, 3.05) is 6.54 Å². The van der Waals surface area contributed by atoms with Gasteiger partial charge >= 0.3 is 5.97 Å². The van der Waals surface area contributed by atoms with Gasteiger partial charge in [0.15, 0.2) is 0 Å². The van der Waals surface area contributed by atoms with Crippen molar-refractivity contribution in [3.63, 3.8) is 0 Å². The fourth-order valence-electron chi connectivity index (χ4n) is 3.06. The van der Waals surface area contributed by atoms with E-state index >= 15 is 0 Å². The van der Waals surface area contributed by atoms with E-state index in [1.807, 2.05) is 0 Å². The highest BCUT2D eigenvalue weighted by Gasteiger charge is 2.44. The quantitative estimate of drug-likeness (QED) is 0.790. The predicted molar refractivity (Wildman–Crippen MR) is 68.1 cm³/mol. The molecule has 18 heavy (non-hydrogen) atoms. The van der Waals surface area contributed by atoms with Crippen LogP contribution in [0.4, 0.5) is 0 Å². The summed E-state index contributed by atoms with van der Waals surface area (Å²) in [5.74, 6) is -0.206. The summed E-state index contributed by atoms with van der Waals surface area (Å²) in [6.07, 6.45) is 9.00. The van der Waals surface area contributed by atoms with Crippen LogP contribution < -0.4 is 5.32 Å². The molecule has 1 amide bonds. The van der Waals surface area contributed by atoms with E-state index in [2.05, 4.69) is 5.32 Å². The Hall–Kier alpha value is -1.06. The molecule has 0 spiro atoms. The average Bonchev–Trinajstić information content (AvgIpc) is 2.28. The minimum Gasteiger partial charge on any atom is -0.481 e. The molecule has 0 radical (unpaired) electrons. The first-order chi connectivity index (χ1) is 8.62. The van der Waals surface area contributed by atoms with Crippen LogP contribution in [0.2, 0.25) is 0 Å². The Morgan fingerprint density at radius 3 is 2.28 bits per heavy atom. The standard InChI is InChI=1S/C14H23NO3/c16-12(9-11-5-2-1-3-6-11)15-10-14(13(17)18)7-4-8-14/h11H,1-10H2,(H,15,16)(H,17,18). The van der Waals surface area contributed by atoms with Crippen molar-refractivity contribution in [2.24, 2.45) is 11.3 Å². The van der Waals surface area contributed by atoms with E-state index in [1.54, 1.807) is 0 Å². The summed E-state index contributed by atoms with van der Waals surface area (Å²) in [6, 6.07) is 0. The zero-order chi connectivity index (χ0) is 13.0. The molecule has 2 fully saturated rings. The number of rotatable bonds is 5. The lowest BCUT2D eigenvalue weighted by atomic mass is 9.69. The molecular formula is C14H23NO3. The van der Waals surface area contributed by atoms with E-state index in [-0.39, 0.29) is 5.91 Å². The van der Waals surface area contributed by atoms with Gasteiger partial charge in [-0.1, -0.05) is 25.7 Å². The first kappa shape index (κ1) is 13.4. The molecule has 0 bridgehead atoms. The summed E-state index contributed by atoms with van der Waals surface area (Å²) < 4.78 is 0. The van der Waals surface area contributed by atoms with Crippen LogP contribution in [-0.2, 0) is 9.59 Å². The molecule has 4 heteroatoms. The van der Waals surface area contributed by atoms with Crippen LogP contribution in [0.5, 0.6) is 0 Å². The Kier molecular flexibility index (Phi) is 4.25. The summed E-state index contributed by atoms with van der Waals surface area (Å²) in [6.45, 7) is 0.313. The van der Waals surface area contributed by atoms with E-state index in [1.165, 1.54) is 19.3 Å². The van der Waals surface area contributed by atoms with Gasteiger partial charge in [0.25, 0.3) is 0 Å².